The SMILES string of the molecule is N#Cc1cc(C(F)F)c(Br)nc1I. The van der Waals surface area contributed by atoms with Gasteiger partial charge in [-0.15, -0.1) is 0 Å². The normalized spacial score (nSPS) is 10.2. The number of rotatable bonds is 1. The largest absolute Gasteiger partial charge is 0.266 e. The van der Waals surface area contributed by atoms with Crippen molar-refractivity contribution in [3.63, 3.8) is 0 Å². The zero-order valence-electron chi connectivity index (χ0n) is 6.06. The second kappa shape index (κ2) is 4.28. The molecule has 1 heterocycles. The highest BCUT2D eigenvalue weighted by molar-refractivity contribution is 14.1. The molecule has 13 heavy (non-hydrogen) atoms. The molecule has 0 saturated carbocycles. The molecule has 1 aromatic rings. The second-order valence-corrected chi connectivity index (χ2v) is 3.89. The summed E-state index contributed by atoms with van der Waals surface area (Å²) in [5.74, 6) is 0. The summed E-state index contributed by atoms with van der Waals surface area (Å²) >= 11 is 4.72. The molecule has 0 unspecified atom stereocenters. The van der Waals surface area contributed by atoms with E-state index in [4.69, 9.17) is 5.26 Å². The van der Waals surface area contributed by atoms with Crippen LogP contribution in [0.2, 0.25) is 0 Å². The Balaban J connectivity index is 3.33. The highest BCUT2D eigenvalue weighted by Crippen LogP contribution is 2.27. The number of pyridine rings is 1. The number of nitrogens with zero attached hydrogens (tertiary/aromatic N) is 2. The Morgan fingerprint density at radius 3 is 2.69 bits per heavy atom. The van der Waals surface area contributed by atoms with E-state index < -0.39 is 6.43 Å². The average Bonchev–Trinajstić information content (AvgIpc) is 2.03. The van der Waals surface area contributed by atoms with Crippen LogP contribution in [0.1, 0.15) is 17.6 Å². The number of hydrogen-bond acceptors (Lipinski definition) is 2. The molecule has 2 nitrogen and oxygen atoms in total. The van der Waals surface area contributed by atoms with Crippen LogP contribution in [0.5, 0.6) is 0 Å². The van der Waals surface area contributed by atoms with Crippen molar-refractivity contribution in [2.24, 2.45) is 0 Å². The van der Waals surface area contributed by atoms with Gasteiger partial charge in [0, 0.05) is 0 Å². The van der Waals surface area contributed by atoms with Crippen LogP contribution < -0.4 is 0 Å². The molecule has 0 amide bonds. The molecule has 0 N–H and O–H groups in total. The van der Waals surface area contributed by atoms with Gasteiger partial charge in [-0.3, -0.25) is 0 Å². The van der Waals surface area contributed by atoms with E-state index in [0.717, 1.165) is 6.07 Å². The highest BCUT2D eigenvalue weighted by Gasteiger charge is 2.15. The van der Waals surface area contributed by atoms with E-state index in [1.165, 1.54) is 0 Å². The maximum Gasteiger partial charge on any atom is 0.266 e. The Labute approximate surface area is 95.2 Å². The van der Waals surface area contributed by atoms with E-state index in [9.17, 15) is 8.78 Å². The number of hydrogen-bond donors (Lipinski definition) is 0. The van der Waals surface area contributed by atoms with Crippen LogP contribution in [-0.2, 0) is 0 Å². The molecule has 0 spiro atoms. The minimum Gasteiger partial charge on any atom is -0.233 e. The first-order valence-corrected chi connectivity index (χ1v) is 4.97. The molecule has 0 fully saturated rings. The lowest BCUT2D eigenvalue weighted by atomic mass is 10.2. The van der Waals surface area contributed by atoms with E-state index in [-0.39, 0.29) is 15.7 Å². The number of halogens is 4. The molecule has 0 aromatic carbocycles. The van der Waals surface area contributed by atoms with Gasteiger partial charge in [0.15, 0.2) is 0 Å². The lowest BCUT2D eigenvalue weighted by molar-refractivity contribution is 0.150. The van der Waals surface area contributed by atoms with Crippen LogP contribution >= 0.6 is 38.5 Å². The maximum atomic E-state index is 12.3. The summed E-state index contributed by atoms with van der Waals surface area (Å²) in [5, 5.41) is 8.56. The second-order valence-electron chi connectivity index (χ2n) is 2.12. The van der Waals surface area contributed by atoms with Crippen LogP contribution in [0, 0.1) is 15.0 Å². The van der Waals surface area contributed by atoms with Crippen LogP contribution in [0.25, 0.3) is 0 Å². The Morgan fingerprint density at radius 2 is 2.23 bits per heavy atom. The fourth-order valence-corrected chi connectivity index (χ4v) is 2.03. The number of nitriles is 1. The molecule has 68 valence electrons. The van der Waals surface area contributed by atoms with Gasteiger partial charge in [-0.25, -0.2) is 13.8 Å². The summed E-state index contributed by atoms with van der Waals surface area (Å²) in [6.45, 7) is 0. The third kappa shape index (κ3) is 2.34. The Bertz CT molecular complexity index is 375. The fourth-order valence-electron chi connectivity index (χ4n) is 0.717. The summed E-state index contributed by atoms with van der Waals surface area (Å²) in [4.78, 5) is 3.77. The van der Waals surface area contributed by atoms with Gasteiger partial charge in [0.1, 0.15) is 14.4 Å². The lowest BCUT2D eigenvalue weighted by Crippen LogP contribution is -1.95. The molecule has 0 aliphatic rings. The predicted octanol–water partition coefficient (Wildman–Crippen LogP) is 3.26. The molecule has 0 saturated heterocycles. The Hall–Kier alpha value is -0.290. The van der Waals surface area contributed by atoms with Gasteiger partial charge >= 0.3 is 0 Å². The van der Waals surface area contributed by atoms with Crippen molar-refractivity contribution in [2.75, 3.05) is 0 Å². The van der Waals surface area contributed by atoms with Crippen molar-refractivity contribution in [3.05, 3.63) is 25.5 Å². The quantitative estimate of drug-likeness (QED) is 0.570. The van der Waals surface area contributed by atoms with Gasteiger partial charge in [-0.2, -0.15) is 5.26 Å². The van der Waals surface area contributed by atoms with Crippen molar-refractivity contribution >= 4 is 38.5 Å². The summed E-state index contributed by atoms with van der Waals surface area (Å²) in [6, 6.07) is 2.94. The summed E-state index contributed by atoms with van der Waals surface area (Å²) in [7, 11) is 0. The molecule has 0 aliphatic heterocycles. The lowest BCUT2D eigenvalue weighted by Gasteiger charge is -2.03. The monoisotopic (exact) mass is 358 g/mol. The Morgan fingerprint density at radius 1 is 1.62 bits per heavy atom. The first-order valence-electron chi connectivity index (χ1n) is 3.10. The van der Waals surface area contributed by atoms with Crippen LogP contribution in [0.3, 0.4) is 0 Å². The van der Waals surface area contributed by atoms with E-state index >= 15 is 0 Å². The van der Waals surface area contributed by atoms with Gasteiger partial charge < -0.3 is 0 Å². The molecular formula is C7H2BrF2IN2. The van der Waals surface area contributed by atoms with Gasteiger partial charge in [0.25, 0.3) is 6.43 Å². The van der Waals surface area contributed by atoms with Crippen molar-refractivity contribution in [1.29, 1.82) is 5.26 Å². The van der Waals surface area contributed by atoms with E-state index in [1.807, 2.05) is 22.6 Å². The van der Waals surface area contributed by atoms with Crippen molar-refractivity contribution in [3.8, 4) is 6.07 Å². The van der Waals surface area contributed by atoms with Gasteiger partial charge in [-0.05, 0) is 44.6 Å². The molecule has 0 bridgehead atoms. The average molecular weight is 359 g/mol. The third-order valence-electron chi connectivity index (χ3n) is 1.31. The minimum absolute atomic E-state index is 0.0888. The minimum atomic E-state index is -2.62. The van der Waals surface area contributed by atoms with Crippen LogP contribution in [-0.4, -0.2) is 4.98 Å². The summed E-state index contributed by atoms with van der Waals surface area (Å²) in [6.07, 6.45) is -2.62. The van der Waals surface area contributed by atoms with Crippen LogP contribution in [0.4, 0.5) is 8.78 Å². The molecule has 1 aromatic heterocycles. The summed E-state index contributed by atoms with van der Waals surface area (Å²) in [5.41, 5.74) is -0.0870. The molecule has 6 heteroatoms. The molecular weight excluding hydrogens is 357 g/mol. The first kappa shape index (κ1) is 10.8. The van der Waals surface area contributed by atoms with Gasteiger partial charge in [0.2, 0.25) is 0 Å². The van der Waals surface area contributed by atoms with Crippen molar-refractivity contribution in [1.82, 2.24) is 4.98 Å². The van der Waals surface area contributed by atoms with Crippen molar-refractivity contribution < 1.29 is 8.78 Å². The van der Waals surface area contributed by atoms with Crippen LogP contribution in [0.15, 0.2) is 10.7 Å². The number of aromatic nitrogens is 1. The topological polar surface area (TPSA) is 36.7 Å². The molecule has 0 radical (unpaired) electrons. The highest BCUT2D eigenvalue weighted by atomic mass is 127. The summed E-state index contributed by atoms with van der Waals surface area (Å²) < 4.78 is 25.1. The van der Waals surface area contributed by atoms with Crippen molar-refractivity contribution in [2.45, 2.75) is 6.43 Å². The maximum absolute atomic E-state index is 12.3. The molecule has 0 atom stereocenters. The van der Waals surface area contributed by atoms with E-state index in [1.54, 1.807) is 6.07 Å². The first-order chi connectivity index (χ1) is 6.06. The molecule has 0 aliphatic carbocycles. The standard InChI is InChI=1S/C7H2BrF2IN2/c8-5-4(6(9)10)1-3(2-12)7(11)13-5/h1,6H. The van der Waals surface area contributed by atoms with Gasteiger partial charge in [0.05, 0.1) is 11.1 Å². The zero-order chi connectivity index (χ0) is 10.0. The fraction of sp³-hybridized carbons (Fsp3) is 0.143. The zero-order valence-corrected chi connectivity index (χ0v) is 9.80. The Kier molecular flexibility index (Phi) is 3.55. The van der Waals surface area contributed by atoms with E-state index in [2.05, 4.69) is 20.9 Å². The predicted molar refractivity (Wildman–Crippen MR) is 54.3 cm³/mol. The molecule has 1 rings (SSSR count). The van der Waals surface area contributed by atoms with E-state index in [0.29, 0.717) is 3.70 Å². The third-order valence-corrected chi connectivity index (χ3v) is 2.77. The number of alkyl halides is 2. The van der Waals surface area contributed by atoms with Gasteiger partial charge in [-0.1, -0.05) is 0 Å². The smallest absolute Gasteiger partial charge is 0.233 e.